The Morgan fingerprint density at radius 3 is 0.898 bits per heavy atom. The second-order valence-electron chi connectivity index (χ2n) is 14.6. The van der Waals surface area contributed by atoms with Gasteiger partial charge in [-0.3, -0.25) is 0 Å². The molecule has 0 aliphatic rings. The van der Waals surface area contributed by atoms with E-state index in [4.69, 9.17) is 11.5 Å². The van der Waals surface area contributed by atoms with Crippen molar-refractivity contribution in [2.75, 3.05) is 11.5 Å². The zero-order valence-electron chi connectivity index (χ0n) is 31.1. The summed E-state index contributed by atoms with van der Waals surface area (Å²) in [7, 11) is 0. The van der Waals surface area contributed by atoms with E-state index in [0.29, 0.717) is 0 Å². The lowest BCUT2D eigenvalue weighted by molar-refractivity contribution is 0.530. The molecule has 49 heavy (non-hydrogen) atoms. The number of anilines is 2. The average molecular weight is 659 g/mol. The average Bonchev–Trinajstić information content (AvgIpc) is 3.12. The van der Waals surface area contributed by atoms with E-state index in [-0.39, 0.29) is 0 Å². The van der Waals surface area contributed by atoms with Crippen molar-refractivity contribution in [3.8, 4) is 0 Å². The molecule has 0 unspecified atom stereocenters. The number of unbranched alkanes of at least 4 members (excludes halogenated alkanes) is 14. The number of rotatable bonds is 24. The van der Waals surface area contributed by atoms with Gasteiger partial charge in [0.1, 0.15) is 0 Å². The SMILES string of the molecule is CCc1cc(Cc2ccc(CCCCCCCCCCCCCCCCCc3ccc(Cc4ccc(N)c(CC)c4)cc3)cc2)ccc1N. The highest BCUT2D eigenvalue weighted by atomic mass is 14.6. The summed E-state index contributed by atoms with van der Waals surface area (Å²) in [6.45, 7) is 4.34. The van der Waals surface area contributed by atoms with E-state index in [9.17, 15) is 0 Å². The normalized spacial score (nSPS) is 11.3. The highest BCUT2D eigenvalue weighted by Crippen LogP contribution is 2.21. The van der Waals surface area contributed by atoms with Crippen molar-refractivity contribution < 1.29 is 0 Å². The summed E-state index contributed by atoms with van der Waals surface area (Å²) in [6, 6.07) is 31.6. The van der Waals surface area contributed by atoms with Gasteiger partial charge in [-0.2, -0.15) is 0 Å². The number of benzene rings is 4. The van der Waals surface area contributed by atoms with Crippen LogP contribution in [0.1, 0.15) is 155 Å². The molecule has 264 valence electrons. The summed E-state index contributed by atoms with van der Waals surface area (Å²) in [6.07, 6.45) is 27.3. The van der Waals surface area contributed by atoms with E-state index in [1.54, 1.807) is 0 Å². The predicted molar refractivity (Wildman–Crippen MR) is 216 cm³/mol. The molecule has 0 heterocycles. The molecule has 0 atom stereocenters. The molecule has 4 rings (SSSR count). The number of nitrogen functional groups attached to an aromatic ring is 2. The zero-order chi connectivity index (χ0) is 34.5. The maximum Gasteiger partial charge on any atom is 0.0346 e. The Hall–Kier alpha value is -3.52. The molecule has 2 nitrogen and oxygen atoms in total. The Morgan fingerprint density at radius 2 is 0.592 bits per heavy atom. The van der Waals surface area contributed by atoms with Crippen LogP contribution >= 0.6 is 0 Å². The molecular formula is C47H66N2. The van der Waals surface area contributed by atoms with Gasteiger partial charge in [-0.05, 0) is 108 Å². The van der Waals surface area contributed by atoms with Gasteiger partial charge >= 0.3 is 0 Å². The molecule has 0 aromatic heterocycles. The number of hydrogen-bond donors (Lipinski definition) is 2. The first-order valence-corrected chi connectivity index (χ1v) is 19.9. The minimum absolute atomic E-state index is 0.913. The van der Waals surface area contributed by atoms with E-state index in [1.165, 1.54) is 154 Å². The lowest BCUT2D eigenvalue weighted by atomic mass is 9.98. The Balaban J connectivity index is 0.909. The fraction of sp³-hybridized carbons (Fsp3) is 0.489. The Kier molecular flexibility index (Phi) is 17.4. The first-order chi connectivity index (χ1) is 24.0. The zero-order valence-corrected chi connectivity index (χ0v) is 31.1. The third-order valence-corrected chi connectivity index (χ3v) is 10.5. The molecule has 0 aliphatic carbocycles. The molecule has 0 spiro atoms. The van der Waals surface area contributed by atoms with Crippen molar-refractivity contribution >= 4 is 11.4 Å². The van der Waals surface area contributed by atoms with Gasteiger partial charge in [0.25, 0.3) is 0 Å². The molecule has 0 fully saturated rings. The first-order valence-electron chi connectivity index (χ1n) is 19.9. The van der Waals surface area contributed by atoms with Crippen LogP contribution in [0, 0.1) is 0 Å². The van der Waals surface area contributed by atoms with Crippen molar-refractivity contribution in [2.24, 2.45) is 0 Å². The van der Waals surface area contributed by atoms with Gasteiger partial charge in [-0.15, -0.1) is 0 Å². The van der Waals surface area contributed by atoms with Crippen LogP contribution in [0.2, 0.25) is 0 Å². The van der Waals surface area contributed by atoms with Crippen LogP contribution in [0.15, 0.2) is 84.9 Å². The van der Waals surface area contributed by atoms with Crippen molar-refractivity contribution in [1.29, 1.82) is 0 Å². The first kappa shape index (κ1) is 38.3. The minimum Gasteiger partial charge on any atom is -0.399 e. The topological polar surface area (TPSA) is 52.0 Å². The summed E-state index contributed by atoms with van der Waals surface area (Å²) in [5, 5.41) is 0. The highest BCUT2D eigenvalue weighted by molar-refractivity contribution is 5.50. The Labute approximate surface area is 300 Å². The van der Waals surface area contributed by atoms with Crippen LogP contribution in [0.4, 0.5) is 11.4 Å². The molecular weight excluding hydrogens is 593 g/mol. The van der Waals surface area contributed by atoms with Crippen LogP contribution in [0.25, 0.3) is 0 Å². The number of hydrogen-bond acceptors (Lipinski definition) is 2. The maximum absolute atomic E-state index is 6.08. The van der Waals surface area contributed by atoms with E-state index < -0.39 is 0 Å². The smallest absolute Gasteiger partial charge is 0.0346 e. The van der Waals surface area contributed by atoms with E-state index in [2.05, 4.69) is 98.8 Å². The second kappa shape index (κ2) is 22.2. The monoisotopic (exact) mass is 659 g/mol. The van der Waals surface area contributed by atoms with E-state index in [1.807, 2.05) is 0 Å². The number of aryl methyl sites for hydroxylation is 4. The van der Waals surface area contributed by atoms with Crippen LogP contribution < -0.4 is 11.5 Å². The summed E-state index contributed by atoms with van der Waals surface area (Å²) < 4.78 is 0. The van der Waals surface area contributed by atoms with Gasteiger partial charge in [0, 0.05) is 11.4 Å². The quantitative estimate of drug-likeness (QED) is 0.0581. The summed E-state index contributed by atoms with van der Waals surface area (Å²) in [5.41, 5.74) is 24.9. The Bertz CT molecular complexity index is 1350. The molecule has 0 aliphatic heterocycles. The summed E-state index contributed by atoms with van der Waals surface area (Å²) >= 11 is 0. The third-order valence-electron chi connectivity index (χ3n) is 10.5. The molecule has 0 bridgehead atoms. The molecule has 0 amide bonds. The lowest BCUT2D eigenvalue weighted by Crippen LogP contribution is -1.96. The van der Waals surface area contributed by atoms with Gasteiger partial charge in [0.2, 0.25) is 0 Å². The third kappa shape index (κ3) is 14.5. The molecule has 0 saturated heterocycles. The van der Waals surface area contributed by atoms with Crippen LogP contribution in [-0.4, -0.2) is 0 Å². The van der Waals surface area contributed by atoms with Crippen molar-refractivity contribution in [3.63, 3.8) is 0 Å². The van der Waals surface area contributed by atoms with Crippen molar-refractivity contribution in [1.82, 2.24) is 0 Å². The van der Waals surface area contributed by atoms with E-state index in [0.717, 1.165) is 37.1 Å². The van der Waals surface area contributed by atoms with Crippen LogP contribution in [0.5, 0.6) is 0 Å². The van der Waals surface area contributed by atoms with Gasteiger partial charge < -0.3 is 11.5 Å². The standard InChI is InChI=1S/C47H66N2/c1-3-44-36-42(30-32-46(44)48)34-40-26-22-38(23-27-40)20-18-16-14-12-10-8-6-5-7-9-11-13-15-17-19-21-39-24-28-41(29-25-39)35-43-31-33-47(49)45(4-2)37-43/h22-33,36-37H,3-21,34-35,48-49H2,1-2H3. The minimum atomic E-state index is 0.913. The summed E-state index contributed by atoms with van der Waals surface area (Å²) in [5.74, 6) is 0. The van der Waals surface area contributed by atoms with Crippen LogP contribution in [0.3, 0.4) is 0 Å². The molecule has 0 radical (unpaired) electrons. The fourth-order valence-corrected chi connectivity index (χ4v) is 7.23. The van der Waals surface area contributed by atoms with Gasteiger partial charge in [-0.25, -0.2) is 0 Å². The van der Waals surface area contributed by atoms with Gasteiger partial charge in [0.05, 0.1) is 0 Å². The summed E-state index contributed by atoms with van der Waals surface area (Å²) in [4.78, 5) is 0. The molecule has 0 saturated carbocycles. The van der Waals surface area contributed by atoms with Gasteiger partial charge in [-0.1, -0.05) is 170 Å². The fourth-order valence-electron chi connectivity index (χ4n) is 7.23. The van der Waals surface area contributed by atoms with Crippen molar-refractivity contribution in [2.45, 2.75) is 149 Å². The number of nitrogens with two attached hydrogens (primary N) is 2. The van der Waals surface area contributed by atoms with Crippen LogP contribution in [-0.2, 0) is 38.5 Å². The Morgan fingerprint density at radius 1 is 0.327 bits per heavy atom. The van der Waals surface area contributed by atoms with E-state index >= 15 is 0 Å². The predicted octanol–water partition coefficient (Wildman–Crippen LogP) is 12.8. The molecule has 4 N–H and O–H groups in total. The lowest BCUT2D eigenvalue weighted by Gasteiger charge is -2.08. The molecule has 2 heteroatoms. The highest BCUT2D eigenvalue weighted by Gasteiger charge is 2.04. The largest absolute Gasteiger partial charge is 0.399 e. The maximum atomic E-state index is 6.08. The van der Waals surface area contributed by atoms with Gasteiger partial charge in [0.15, 0.2) is 0 Å². The molecule has 4 aromatic rings. The second-order valence-corrected chi connectivity index (χ2v) is 14.6. The van der Waals surface area contributed by atoms with Crippen molar-refractivity contribution in [3.05, 3.63) is 129 Å². The molecule has 4 aromatic carbocycles.